The van der Waals surface area contributed by atoms with E-state index < -0.39 is 17.0 Å². The molecule has 0 amide bonds. The first-order valence-corrected chi connectivity index (χ1v) is 11.8. The lowest BCUT2D eigenvalue weighted by atomic mass is 9.40. The van der Waals surface area contributed by atoms with Gasteiger partial charge in [0, 0.05) is 5.41 Å². The lowest BCUT2D eigenvalue weighted by Gasteiger charge is -2.63. The number of rotatable bonds is 3. The summed E-state index contributed by atoms with van der Waals surface area (Å²) < 4.78 is 11.8. The molecule has 0 aromatic rings. The van der Waals surface area contributed by atoms with Crippen LogP contribution < -0.4 is 0 Å². The van der Waals surface area contributed by atoms with E-state index in [9.17, 15) is 14.7 Å². The summed E-state index contributed by atoms with van der Waals surface area (Å²) in [5, 5.41) is 10.1. The minimum atomic E-state index is -0.822. The van der Waals surface area contributed by atoms with E-state index in [1.807, 2.05) is 20.8 Å². The largest absolute Gasteiger partial charge is 0.481 e. The Hall–Kier alpha value is -1.36. The van der Waals surface area contributed by atoms with Gasteiger partial charge < -0.3 is 14.6 Å². The number of ether oxygens (including phenoxy) is 2. The van der Waals surface area contributed by atoms with Crippen LogP contribution >= 0.6 is 0 Å². The number of aliphatic carboxylic acids is 1. The first-order valence-electron chi connectivity index (χ1n) is 11.8. The third-order valence-corrected chi connectivity index (χ3v) is 10.4. The van der Waals surface area contributed by atoms with Crippen molar-refractivity contribution in [1.82, 2.24) is 0 Å². The third-order valence-electron chi connectivity index (χ3n) is 10.4. The first-order chi connectivity index (χ1) is 14.0. The Bertz CT molecular complexity index is 820. The van der Waals surface area contributed by atoms with Gasteiger partial charge in [0.15, 0.2) is 5.60 Å². The van der Waals surface area contributed by atoms with E-state index in [2.05, 4.69) is 13.5 Å². The number of epoxide rings is 1. The van der Waals surface area contributed by atoms with Crippen LogP contribution in [0, 0.1) is 34.0 Å². The fourth-order valence-electron chi connectivity index (χ4n) is 8.55. The van der Waals surface area contributed by atoms with Crippen LogP contribution in [0.2, 0.25) is 0 Å². The summed E-state index contributed by atoms with van der Waals surface area (Å²) in [5.74, 6) is 0.0705. The minimum Gasteiger partial charge on any atom is -0.481 e. The van der Waals surface area contributed by atoms with Crippen molar-refractivity contribution in [3.63, 3.8) is 0 Å². The topological polar surface area (TPSA) is 76.1 Å². The fraction of sp³-hybridized carbons (Fsp3) is 0.840. The van der Waals surface area contributed by atoms with E-state index >= 15 is 0 Å². The number of fused-ring (bicyclic) bond motifs is 3. The van der Waals surface area contributed by atoms with Gasteiger partial charge in [0.1, 0.15) is 6.10 Å². The van der Waals surface area contributed by atoms with Crippen LogP contribution in [-0.2, 0) is 19.1 Å². The van der Waals surface area contributed by atoms with Crippen molar-refractivity contribution in [2.24, 2.45) is 34.0 Å². The molecular weight excluding hydrogens is 380 g/mol. The van der Waals surface area contributed by atoms with Crippen LogP contribution in [0.4, 0.5) is 0 Å². The second kappa shape index (κ2) is 6.11. The quantitative estimate of drug-likeness (QED) is 0.409. The Labute approximate surface area is 179 Å². The molecule has 5 nitrogen and oxygen atoms in total. The van der Waals surface area contributed by atoms with Crippen LogP contribution in [0.1, 0.15) is 79.1 Å². The lowest BCUT2D eigenvalue weighted by Crippen LogP contribution is -2.60. The predicted molar refractivity (Wildman–Crippen MR) is 112 cm³/mol. The zero-order chi connectivity index (χ0) is 21.7. The summed E-state index contributed by atoms with van der Waals surface area (Å²) in [6.45, 7) is 12.4. The maximum absolute atomic E-state index is 13.0. The Kier molecular flexibility index (Phi) is 4.19. The molecule has 4 aliphatic carbocycles. The molecule has 0 aromatic heterocycles. The van der Waals surface area contributed by atoms with Gasteiger partial charge >= 0.3 is 11.9 Å². The second-order valence-corrected chi connectivity index (χ2v) is 11.7. The van der Waals surface area contributed by atoms with Gasteiger partial charge in [-0.15, -0.1) is 0 Å². The van der Waals surface area contributed by atoms with E-state index in [0.29, 0.717) is 11.8 Å². The van der Waals surface area contributed by atoms with Crippen LogP contribution in [0.15, 0.2) is 12.2 Å². The van der Waals surface area contributed by atoms with Gasteiger partial charge in [-0.2, -0.15) is 0 Å². The number of carbonyl (C=O) groups excluding carboxylic acids is 1. The molecule has 30 heavy (non-hydrogen) atoms. The summed E-state index contributed by atoms with van der Waals surface area (Å²) in [6, 6.07) is 0. The molecule has 5 aliphatic rings. The summed E-state index contributed by atoms with van der Waals surface area (Å²) in [6.07, 6.45) is 7.47. The monoisotopic (exact) mass is 416 g/mol. The molecule has 1 N–H and O–H groups in total. The standard InChI is InChI=1S/C25H36O5/c1-14-16-7-8-18-22(3)10-6-11-23(4,20(26)27)17(22)9-12-25(18,13-16)19(14)29-21(28)24(5)15(2)30-24/h15-19H,1,6-13H2,2-5H3,(H,26,27)/t15-,16-,17+,18+,19+,22-,23-,24+,25-/m1/s1. The van der Waals surface area contributed by atoms with E-state index in [4.69, 9.17) is 9.47 Å². The van der Waals surface area contributed by atoms with Gasteiger partial charge in [-0.25, -0.2) is 4.79 Å². The molecular formula is C25H36O5. The zero-order valence-corrected chi connectivity index (χ0v) is 18.8. The Morgan fingerprint density at radius 3 is 2.43 bits per heavy atom. The number of carboxylic acid groups (broad SMARTS) is 1. The molecule has 1 heterocycles. The molecule has 4 saturated carbocycles. The number of carbonyl (C=O) groups is 2. The van der Waals surface area contributed by atoms with Gasteiger partial charge in [0.25, 0.3) is 0 Å². The van der Waals surface area contributed by atoms with Crippen molar-refractivity contribution in [3.8, 4) is 0 Å². The van der Waals surface area contributed by atoms with Gasteiger partial charge in [0.2, 0.25) is 0 Å². The van der Waals surface area contributed by atoms with Crippen molar-refractivity contribution >= 4 is 11.9 Å². The molecule has 2 bridgehead atoms. The Morgan fingerprint density at radius 1 is 1.10 bits per heavy atom. The SMILES string of the molecule is C=C1[C@@H]2CC[C@H]3[C@]4(C)CCC[C@@](C)(C(=O)O)[C@H]4CC[C@]3(C2)[C@H]1OC(=O)[C@@]1(C)O[C@@H]1C. The normalized spacial score (nSPS) is 54.1. The van der Waals surface area contributed by atoms with Crippen molar-refractivity contribution < 1.29 is 24.2 Å². The van der Waals surface area contributed by atoms with Gasteiger partial charge in [-0.1, -0.05) is 19.9 Å². The molecule has 5 heteroatoms. The molecule has 0 unspecified atom stereocenters. The number of hydrogen-bond donors (Lipinski definition) is 1. The molecule has 0 aromatic carbocycles. The molecule has 0 radical (unpaired) electrons. The lowest BCUT2D eigenvalue weighted by molar-refractivity contribution is -0.197. The molecule has 1 saturated heterocycles. The first kappa shape index (κ1) is 20.5. The molecule has 1 aliphatic heterocycles. The maximum Gasteiger partial charge on any atom is 0.341 e. The van der Waals surface area contributed by atoms with Gasteiger partial charge in [-0.05, 0) is 94.5 Å². The summed E-state index contributed by atoms with van der Waals surface area (Å²) >= 11 is 0. The Morgan fingerprint density at radius 2 is 1.80 bits per heavy atom. The third kappa shape index (κ3) is 2.39. The van der Waals surface area contributed by atoms with Gasteiger partial charge in [-0.3, -0.25) is 4.79 Å². The molecule has 5 fully saturated rings. The highest BCUT2D eigenvalue weighted by Crippen LogP contribution is 2.72. The van der Waals surface area contributed by atoms with Crippen LogP contribution in [0.5, 0.6) is 0 Å². The second-order valence-electron chi connectivity index (χ2n) is 11.7. The van der Waals surface area contributed by atoms with Crippen molar-refractivity contribution in [3.05, 3.63) is 12.2 Å². The minimum absolute atomic E-state index is 0.0306. The van der Waals surface area contributed by atoms with E-state index in [1.165, 1.54) is 0 Å². The molecule has 9 atom stereocenters. The average Bonchev–Trinajstić information content (AvgIpc) is 3.26. The highest BCUT2D eigenvalue weighted by molar-refractivity contribution is 5.83. The number of esters is 1. The highest BCUT2D eigenvalue weighted by Gasteiger charge is 2.69. The smallest absolute Gasteiger partial charge is 0.341 e. The van der Waals surface area contributed by atoms with Crippen LogP contribution in [0.3, 0.4) is 0 Å². The van der Waals surface area contributed by atoms with Crippen molar-refractivity contribution in [2.45, 2.75) is 96.9 Å². The number of carboxylic acids is 1. The summed E-state index contributed by atoms with van der Waals surface area (Å²) in [7, 11) is 0. The van der Waals surface area contributed by atoms with Gasteiger partial charge in [0.05, 0.1) is 11.5 Å². The summed E-state index contributed by atoms with van der Waals surface area (Å²) in [4.78, 5) is 25.3. The molecule has 5 rings (SSSR count). The number of hydrogen-bond acceptors (Lipinski definition) is 4. The predicted octanol–water partition coefficient (Wildman–Crippen LogP) is 4.74. The van der Waals surface area contributed by atoms with Crippen LogP contribution in [-0.4, -0.2) is 34.9 Å². The van der Waals surface area contributed by atoms with E-state index in [0.717, 1.165) is 56.9 Å². The average molecular weight is 417 g/mol. The van der Waals surface area contributed by atoms with Crippen molar-refractivity contribution in [1.29, 1.82) is 0 Å². The highest BCUT2D eigenvalue weighted by atomic mass is 16.7. The molecule has 1 spiro atoms. The molecule has 166 valence electrons. The summed E-state index contributed by atoms with van der Waals surface area (Å²) in [5.41, 5.74) is -0.514. The van der Waals surface area contributed by atoms with Crippen LogP contribution in [0.25, 0.3) is 0 Å². The van der Waals surface area contributed by atoms with Crippen molar-refractivity contribution in [2.75, 3.05) is 0 Å². The fourth-order valence-corrected chi connectivity index (χ4v) is 8.55. The Balaban J connectivity index is 1.51. The van der Waals surface area contributed by atoms with E-state index in [1.54, 1.807) is 0 Å². The maximum atomic E-state index is 13.0. The van der Waals surface area contributed by atoms with E-state index in [-0.39, 0.29) is 34.9 Å². The zero-order valence-electron chi connectivity index (χ0n) is 18.8.